The third-order valence-electron chi connectivity index (χ3n) is 2.31. The zero-order valence-corrected chi connectivity index (χ0v) is 8.84. The lowest BCUT2D eigenvalue weighted by molar-refractivity contribution is -0.114. The zero-order chi connectivity index (χ0) is 10.6. The molecule has 14 heavy (non-hydrogen) atoms. The molecule has 0 aromatic carbocycles. The van der Waals surface area contributed by atoms with E-state index in [0.717, 1.165) is 18.7 Å². The molecule has 0 fully saturated rings. The SMILES string of the molecule is CCCN=C(CC)C1=C(O)CCC1=O. The molecule has 0 saturated heterocycles. The number of aliphatic hydroxyl groups excluding tert-OH is 1. The minimum absolute atomic E-state index is 0.0409. The number of hydrogen-bond acceptors (Lipinski definition) is 3. The Morgan fingerprint density at radius 2 is 2.14 bits per heavy atom. The number of carbonyl (C=O) groups excluding carboxylic acids is 1. The average molecular weight is 195 g/mol. The minimum Gasteiger partial charge on any atom is -0.511 e. The number of Topliss-reactive ketones (excluding diaryl/α,β-unsaturated/α-hetero) is 1. The summed E-state index contributed by atoms with van der Waals surface area (Å²) >= 11 is 0. The highest BCUT2D eigenvalue weighted by Gasteiger charge is 2.25. The van der Waals surface area contributed by atoms with E-state index in [1.165, 1.54) is 0 Å². The second kappa shape index (κ2) is 4.94. The second-order valence-electron chi connectivity index (χ2n) is 3.43. The van der Waals surface area contributed by atoms with Crippen molar-refractivity contribution < 1.29 is 9.90 Å². The summed E-state index contributed by atoms with van der Waals surface area (Å²) < 4.78 is 0. The topological polar surface area (TPSA) is 49.7 Å². The van der Waals surface area contributed by atoms with Gasteiger partial charge in [-0.05, 0) is 12.8 Å². The summed E-state index contributed by atoms with van der Waals surface area (Å²) in [6.07, 6.45) is 2.60. The van der Waals surface area contributed by atoms with E-state index in [1.54, 1.807) is 0 Å². The molecule has 3 heteroatoms. The number of aliphatic hydroxyl groups is 1. The number of allylic oxidation sites excluding steroid dienone is 2. The Bertz CT molecular complexity index is 290. The van der Waals surface area contributed by atoms with Crippen LogP contribution in [-0.4, -0.2) is 23.1 Å². The van der Waals surface area contributed by atoms with Crippen molar-refractivity contribution in [3.05, 3.63) is 11.3 Å². The predicted molar refractivity (Wildman–Crippen MR) is 56.8 cm³/mol. The normalized spacial score (nSPS) is 18.1. The average Bonchev–Trinajstić information content (AvgIpc) is 2.50. The molecule has 0 unspecified atom stereocenters. The van der Waals surface area contributed by atoms with Crippen molar-refractivity contribution in [1.82, 2.24) is 0 Å². The molecule has 0 aliphatic heterocycles. The number of ketones is 1. The van der Waals surface area contributed by atoms with Crippen LogP contribution in [0.2, 0.25) is 0 Å². The largest absolute Gasteiger partial charge is 0.511 e. The highest BCUT2D eigenvalue weighted by atomic mass is 16.3. The lowest BCUT2D eigenvalue weighted by Crippen LogP contribution is -2.10. The highest BCUT2D eigenvalue weighted by Crippen LogP contribution is 2.23. The first-order valence-electron chi connectivity index (χ1n) is 5.19. The Morgan fingerprint density at radius 3 is 2.57 bits per heavy atom. The maximum Gasteiger partial charge on any atom is 0.168 e. The van der Waals surface area contributed by atoms with Gasteiger partial charge in [0, 0.05) is 25.1 Å². The van der Waals surface area contributed by atoms with Gasteiger partial charge in [0.05, 0.1) is 5.57 Å². The van der Waals surface area contributed by atoms with Crippen LogP contribution in [-0.2, 0) is 4.79 Å². The van der Waals surface area contributed by atoms with Crippen molar-refractivity contribution in [3.8, 4) is 0 Å². The molecule has 1 rings (SSSR count). The summed E-state index contributed by atoms with van der Waals surface area (Å²) in [5.41, 5.74) is 1.26. The maximum absolute atomic E-state index is 11.4. The van der Waals surface area contributed by atoms with E-state index in [2.05, 4.69) is 4.99 Å². The molecule has 1 aliphatic carbocycles. The van der Waals surface area contributed by atoms with Crippen molar-refractivity contribution in [2.24, 2.45) is 4.99 Å². The van der Waals surface area contributed by atoms with Crippen LogP contribution in [0.3, 0.4) is 0 Å². The van der Waals surface area contributed by atoms with E-state index in [-0.39, 0.29) is 11.5 Å². The summed E-state index contributed by atoms with van der Waals surface area (Å²) in [5, 5.41) is 9.54. The van der Waals surface area contributed by atoms with E-state index >= 15 is 0 Å². The fourth-order valence-corrected chi connectivity index (χ4v) is 1.58. The van der Waals surface area contributed by atoms with Gasteiger partial charge in [0.25, 0.3) is 0 Å². The molecule has 0 saturated carbocycles. The summed E-state index contributed by atoms with van der Waals surface area (Å²) in [6, 6.07) is 0. The van der Waals surface area contributed by atoms with Gasteiger partial charge in [-0.2, -0.15) is 0 Å². The van der Waals surface area contributed by atoms with Gasteiger partial charge in [-0.3, -0.25) is 9.79 Å². The monoisotopic (exact) mass is 195 g/mol. The molecular formula is C11H17NO2. The molecule has 0 spiro atoms. The van der Waals surface area contributed by atoms with Gasteiger partial charge < -0.3 is 5.11 Å². The first-order chi connectivity index (χ1) is 6.70. The van der Waals surface area contributed by atoms with Crippen molar-refractivity contribution in [3.63, 3.8) is 0 Å². The first kappa shape index (κ1) is 11.0. The molecule has 0 aromatic rings. The van der Waals surface area contributed by atoms with Gasteiger partial charge in [0.2, 0.25) is 0 Å². The molecule has 78 valence electrons. The smallest absolute Gasteiger partial charge is 0.168 e. The van der Waals surface area contributed by atoms with Gasteiger partial charge in [-0.15, -0.1) is 0 Å². The second-order valence-corrected chi connectivity index (χ2v) is 3.43. The fourth-order valence-electron chi connectivity index (χ4n) is 1.58. The summed E-state index contributed by atoms with van der Waals surface area (Å²) in [7, 11) is 0. The zero-order valence-electron chi connectivity index (χ0n) is 8.84. The molecule has 1 N–H and O–H groups in total. The Hall–Kier alpha value is -1.12. The van der Waals surface area contributed by atoms with Gasteiger partial charge in [-0.25, -0.2) is 0 Å². The Labute approximate surface area is 84.5 Å². The molecule has 0 amide bonds. The third-order valence-corrected chi connectivity index (χ3v) is 2.31. The van der Waals surface area contributed by atoms with Crippen LogP contribution in [0.5, 0.6) is 0 Å². The molecule has 1 aliphatic rings. The number of aliphatic imine (C=N–C) groups is 1. The van der Waals surface area contributed by atoms with Crippen LogP contribution in [0.1, 0.15) is 39.5 Å². The van der Waals surface area contributed by atoms with Crippen LogP contribution in [0.15, 0.2) is 16.3 Å². The van der Waals surface area contributed by atoms with Gasteiger partial charge >= 0.3 is 0 Å². The van der Waals surface area contributed by atoms with Gasteiger partial charge in [0.15, 0.2) is 5.78 Å². The maximum atomic E-state index is 11.4. The van der Waals surface area contributed by atoms with E-state index in [1.807, 2.05) is 13.8 Å². The van der Waals surface area contributed by atoms with E-state index < -0.39 is 0 Å². The number of rotatable bonds is 4. The van der Waals surface area contributed by atoms with Crippen molar-refractivity contribution in [2.45, 2.75) is 39.5 Å². The molecule has 0 aromatic heterocycles. The summed E-state index contributed by atoms with van der Waals surface area (Å²) in [5.74, 6) is 0.269. The third kappa shape index (κ3) is 2.22. The minimum atomic E-state index is 0.0409. The quantitative estimate of drug-likeness (QED) is 0.700. The lowest BCUT2D eigenvalue weighted by atomic mass is 10.1. The molecule has 0 bridgehead atoms. The molecule has 3 nitrogen and oxygen atoms in total. The lowest BCUT2D eigenvalue weighted by Gasteiger charge is -2.04. The van der Waals surface area contributed by atoms with Crippen LogP contribution in [0.25, 0.3) is 0 Å². The summed E-state index contributed by atoms with van der Waals surface area (Å²) in [6.45, 7) is 4.73. The predicted octanol–water partition coefficient (Wildman–Crippen LogP) is 2.42. The van der Waals surface area contributed by atoms with E-state index in [4.69, 9.17) is 0 Å². The van der Waals surface area contributed by atoms with Gasteiger partial charge in [0.1, 0.15) is 5.76 Å². The van der Waals surface area contributed by atoms with Crippen molar-refractivity contribution >= 4 is 11.5 Å². The first-order valence-corrected chi connectivity index (χ1v) is 5.19. The Kier molecular flexibility index (Phi) is 3.86. The van der Waals surface area contributed by atoms with Gasteiger partial charge in [-0.1, -0.05) is 13.8 Å². The number of hydrogen-bond donors (Lipinski definition) is 1. The van der Waals surface area contributed by atoms with Crippen LogP contribution in [0, 0.1) is 0 Å². The highest BCUT2D eigenvalue weighted by molar-refractivity contribution is 6.23. The Balaban J connectivity index is 2.88. The molecule has 0 radical (unpaired) electrons. The van der Waals surface area contributed by atoms with Crippen LogP contribution < -0.4 is 0 Å². The van der Waals surface area contributed by atoms with E-state index in [0.29, 0.717) is 24.8 Å². The fraction of sp³-hybridized carbons (Fsp3) is 0.636. The molecule has 0 atom stereocenters. The number of nitrogens with zero attached hydrogens (tertiary/aromatic N) is 1. The standard InChI is InChI=1S/C11H17NO2/c1-3-7-12-8(4-2)11-9(13)5-6-10(11)14/h13H,3-7H2,1-2H3. The van der Waals surface area contributed by atoms with Crippen LogP contribution >= 0.6 is 0 Å². The Morgan fingerprint density at radius 1 is 1.43 bits per heavy atom. The summed E-state index contributed by atoms with van der Waals surface area (Å²) in [4.78, 5) is 15.8. The van der Waals surface area contributed by atoms with Crippen molar-refractivity contribution in [1.29, 1.82) is 0 Å². The number of carbonyl (C=O) groups is 1. The van der Waals surface area contributed by atoms with Crippen molar-refractivity contribution in [2.75, 3.05) is 6.54 Å². The van der Waals surface area contributed by atoms with Crippen LogP contribution in [0.4, 0.5) is 0 Å². The van der Waals surface area contributed by atoms with E-state index in [9.17, 15) is 9.90 Å². The molecule has 0 heterocycles. The molecular weight excluding hydrogens is 178 g/mol.